The zero-order valence-electron chi connectivity index (χ0n) is 10.5. The number of nitrogens with one attached hydrogen (secondary N) is 1. The van der Waals surface area contributed by atoms with Crippen molar-refractivity contribution in [1.82, 2.24) is 14.8 Å². The number of nitro groups is 1. The molecule has 96 valence electrons. The van der Waals surface area contributed by atoms with Crippen LogP contribution in [0, 0.1) is 17.0 Å². The summed E-state index contributed by atoms with van der Waals surface area (Å²) in [5, 5.41) is 14.9. The van der Waals surface area contributed by atoms with Gasteiger partial charge in [0.2, 0.25) is 5.82 Å². The first-order chi connectivity index (χ1) is 9.06. The van der Waals surface area contributed by atoms with Crippen LogP contribution in [0.3, 0.4) is 0 Å². The van der Waals surface area contributed by atoms with Crippen molar-refractivity contribution in [3.63, 3.8) is 0 Å². The second kappa shape index (κ2) is 3.91. The largest absolute Gasteiger partial charge is 0.353 e. The fraction of sp³-hybridized carbons (Fsp3) is 0.167. The fourth-order valence-corrected chi connectivity index (χ4v) is 2.11. The number of nitro benzene ring substituents is 1. The molecule has 0 saturated heterocycles. The van der Waals surface area contributed by atoms with Gasteiger partial charge in [0.05, 0.1) is 18.2 Å². The molecule has 3 aromatic rings. The average Bonchev–Trinajstić information content (AvgIpc) is 2.93. The Labute approximate surface area is 108 Å². The molecule has 0 saturated carbocycles. The number of aromatic nitrogens is 4. The van der Waals surface area contributed by atoms with E-state index >= 15 is 0 Å². The van der Waals surface area contributed by atoms with Gasteiger partial charge in [0.1, 0.15) is 5.69 Å². The van der Waals surface area contributed by atoms with E-state index in [1.54, 1.807) is 16.8 Å². The quantitative estimate of drug-likeness (QED) is 0.428. The summed E-state index contributed by atoms with van der Waals surface area (Å²) in [6.07, 6.45) is 1.93. The Morgan fingerprint density at radius 2 is 2.05 bits per heavy atom. The minimum absolute atomic E-state index is 0.0883. The molecule has 0 aliphatic carbocycles. The Balaban J connectivity index is 2.08. The van der Waals surface area contributed by atoms with Gasteiger partial charge in [-0.05, 0) is 17.2 Å². The Bertz CT molecular complexity index is 735. The highest BCUT2D eigenvalue weighted by atomic mass is 16.6. The molecule has 2 heterocycles. The first-order valence-corrected chi connectivity index (χ1v) is 5.75. The number of aryl methyl sites for hydroxylation is 2. The number of benzene rings is 1. The number of hydrogen-bond acceptors (Lipinski definition) is 3. The first-order valence-electron chi connectivity index (χ1n) is 5.75. The van der Waals surface area contributed by atoms with Crippen LogP contribution in [0.2, 0.25) is 0 Å². The molecule has 0 atom stereocenters. The number of non-ortho nitro benzene ring substituents is 1. The second-order valence-electron chi connectivity index (χ2n) is 4.34. The van der Waals surface area contributed by atoms with Crippen molar-refractivity contribution < 1.29 is 9.32 Å². The van der Waals surface area contributed by atoms with Gasteiger partial charge in [0.15, 0.2) is 0 Å². The lowest BCUT2D eigenvalue weighted by atomic mass is 10.1. The number of rotatable bonds is 2. The topological polar surface area (TPSA) is 80.8 Å². The molecular weight excluding hydrogens is 246 g/mol. The van der Waals surface area contributed by atoms with Crippen molar-refractivity contribution >= 4 is 11.5 Å². The van der Waals surface area contributed by atoms with Gasteiger partial charge < -0.3 is 0 Å². The van der Waals surface area contributed by atoms with Gasteiger partial charge in [0.25, 0.3) is 5.69 Å². The van der Waals surface area contributed by atoms with Gasteiger partial charge in [-0.3, -0.25) is 15.1 Å². The van der Waals surface area contributed by atoms with E-state index < -0.39 is 4.92 Å². The van der Waals surface area contributed by atoms with E-state index in [2.05, 4.69) is 10.1 Å². The Morgan fingerprint density at radius 3 is 2.63 bits per heavy atom. The fourth-order valence-electron chi connectivity index (χ4n) is 2.11. The second-order valence-corrected chi connectivity index (χ2v) is 4.34. The zero-order chi connectivity index (χ0) is 13.6. The van der Waals surface area contributed by atoms with Crippen LogP contribution in [0.25, 0.3) is 17.0 Å². The SMILES string of the molecule is Cc1nn(C)c2[nH]c(-c3ccc([N+](=O)[O-])cc3)c[n+]12. The van der Waals surface area contributed by atoms with Gasteiger partial charge >= 0.3 is 5.78 Å². The number of hydrogen-bond donors (Lipinski definition) is 1. The molecule has 2 aromatic heterocycles. The van der Waals surface area contributed by atoms with Crippen molar-refractivity contribution in [2.24, 2.45) is 7.05 Å². The van der Waals surface area contributed by atoms with Crippen molar-refractivity contribution in [2.45, 2.75) is 6.92 Å². The highest BCUT2D eigenvalue weighted by molar-refractivity contribution is 5.61. The van der Waals surface area contributed by atoms with Crippen LogP contribution in [0.4, 0.5) is 5.69 Å². The molecule has 0 fully saturated rings. The highest BCUT2D eigenvalue weighted by Gasteiger charge is 2.17. The lowest BCUT2D eigenvalue weighted by Crippen LogP contribution is -2.19. The summed E-state index contributed by atoms with van der Waals surface area (Å²) < 4.78 is 3.70. The Morgan fingerprint density at radius 1 is 1.37 bits per heavy atom. The lowest BCUT2D eigenvalue weighted by molar-refractivity contribution is -0.518. The standard InChI is InChI=1S/C12H11N5O2/c1-8-14-15(2)12-13-11(7-16(8)12)9-3-5-10(6-4-9)17(18)19/h3-7H,1-2H3/p+1. The van der Waals surface area contributed by atoms with Crippen LogP contribution >= 0.6 is 0 Å². The Kier molecular flexibility index (Phi) is 2.34. The van der Waals surface area contributed by atoms with Gasteiger partial charge in [-0.1, -0.05) is 0 Å². The normalized spacial score (nSPS) is 11.1. The molecule has 7 nitrogen and oxygen atoms in total. The summed E-state index contributed by atoms with van der Waals surface area (Å²) in [7, 11) is 1.86. The first kappa shape index (κ1) is 11.4. The molecule has 0 amide bonds. The van der Waals surface area contributed by atoms with Crippen LogP contribution in [0.5, 0.6) is 0 Å². The minimum atomic E-state index is -0.405. The van der Waals surface area contributed by atoms with Crippen LogP contribution in [0.1, 0.15) is 5.82 Å². The predicted octanol–water partition coefficient (Wildman–Crippen LogP) is 1.37. The smallest absolute Gasteiger partial charge is 0.259 e. The molecule has 7 heteroatoms. The van der Waals surface area contributed by atoms with Gasteiger partial charge in [-0.15, -0.1) is 4.68 Å². The summed E-state index contributed by atoms with van der Waals surface area (Å²) in [6.45, 7) is 1.92. The third-order valence-electron chi connectivity index (χ3n) is 3.07. The molecule has 3 rings (SSSR count). The van der Waals surface area contributed by atoms with E-state index in [9.17, 15) is 10.1 Å². The van der Waals surface area contributed by atoms with E-state index in [0.717, 1.165) is 22.9 Å². The third-order valence-corrected chi connectivity index (χ3v) is 3.07. The number of H-pyrrole nitrogens is 1. The molecule has 1 aromatic carbocycles. The predicted molar refractivity (Wildman–Crippen MR) is 67.5 cm³/mol. The zero-order valence-corrected chi connectivity index (χ0v) is 10.5. The maximum absolute atomic E-state index is 10.6. The molecule has 19 heavy (non-hydrogen) atoms. The van der Waals surface area contributed by atoms with E-state index in [4.69, 9.17) is 0 Å². The van der Waals surface area contributed by atoms with Gasteiger partial charge in [-0.2, -0.15) is 4.40 Å². The van der Waals surface area contributed by atoms with Crippen LogP contribution < -0.4 is 4.40 Å². The molecule has 1 N–H and O–H groups in total. The van der Waals surface area contributed by atoms with Gasteiger partial charge in [0, 0.05) is 24.6 Å². The van der Waals surface area contributed by atoms with Crippen molar-refractivity contribution in [3.8, 4) is 11.3 Å². The maximum atomic E-state index is 10.6. The number of fused-ring (bicyclic) bond motifs is 1. The number of imidazole rings is 1. The summed E-state index contributed by atoms with van der Waals surface area (Å²) in [6, 6.07) is 6.45. The third kappa shape index (κ3) is 1.75. The molecule has 0 radical (unpaired) electrons. The van der Waals surface area contributed by atoms with Crippen LogP contribution in [-0.4, -0.2) is 19.7 Å². The molecule has 0 aliphatic rings. The van der Waals surface area contributed by atoms with Gasteiger partial charge in [-0.25, -0.2) is 0 Å². The average molecular weight is 258 g/mol. The Hall–Kier alpha value is -2.70. The molecule has 0 aliphatic heterocycles. The van der Waals surface area contributed by atoms with Crippen molar-refractivity contribution in [2.75, 3.05) is 0 Å². The maximum Gasteiger partial charge on any atom is 0.353 e. The summed E-state index contributed by atoms with van der Waals surface area (Å²) in [4.78, 5) is 13.5. The summed E-state index contributed by atoms with van der Waals surface area (Å²) in [5.41, 5.74) is 1.88. The van der Waals surface area contributed by atoms with Crippen molar-refractivity contribution in [1.29, 1.82) is 0 Å². The molecule has 0 spiro atoms. The minimum Gasteiger partial charge on any atom is -0.259 e. The van der Waals surface area contributed by atoms with E-state index in [1.807, 2.05) is 24.6 Å². The molecule has 0 unspecified atom stereocenters. The van der Waals surface area contributed by atoms with E-state index in [0.29, 0.717) is 0 Å². The lowest BCUT2D eigenvalue weighted by Gasteiger charge is -1.94. The molecular formula is C12H12N5O2+. The van der Waals surface area contributed by atoms with Crippen molar-refractivity contribution in [3.05, 3.63) is 46.4 Å². The van der Waals surface area contributed by atoms with Crippen LogP contribution in [-0.2, 0) is 7.05 Å². The van der Waals surface area contributed by atoms with Crippen LogP contribution in [0.15, 0.2) is 30.5 Å². The summed E-state index contributed by atoms with van der Waals surface area (Å²) >= 11 is 0. The molecule has 0 bridgehead atoms. The van der Waals surface area contributed by atoms with E-state index in [-0.39, 0.29) is 5.69 Å². The number of nitrogens with zero attached hydrogens (tertiary/aromatic N) is 4. The summed E-state index contributed by atoms with van der Waals surface area (Å²) in [5.74, 6) is 1.74. The highest BCUT2D eigenvalue weighted by Crippen LogP contribution is 2.20. The number of aromatic amines is 1. The monoisotopic (exact) mass is 258 g/mol. The van der Waals surface area contributed by atoms with E-state index in [1.165, 1.54) is 12.1 Å².